The molecule has 1 aromatic carbocycles. The van der Waals surface area contributed by atoms with E-state index < -0.39 is 0 Å². The van der Waals surface area contributed by atoms with Crippen molar-refractivity contribution >= 4 is 16.5 Å². The fraction of sp³-hybridized carbons (Fsp3) is 0.353. The van der Waals surface area contributed by atoms with E-state index in [4.69, 9.17) is 0 Å². The highest BCUT2D eigenvalue weighted by Gasteiger charge is 2.12. The Morgan fingerprint density at radius 3 is 2.61 bits per heavy atom. The summed E-state index contributed by atoms with van der Waals surface area (Å²) in [5.74, 6) is 0.409. The Kier molecular flexibility index (Phi) is 4.71. The van der Waals surface area contributed by atoms with Crippen molar-refractivity contribution < 1.29 is 0 Å². The van der Waals surface area contributed by atoms with Crippen LogP contribution in [-0.4, -0.2) is 20.0 Å². The van der Waals surface area contributed by atoms with Gasteiger partial charge in [-0.1, -0.05) is 55.5 Å². The maximum absolute atomic E-state index is 4.45. The summed E-state index contributed by atoms with van der Waals surface area (Å²) in [5, 5.41) is 18.2. The van der Waals surface area contributed by atoms with Gasteiger partial charge in [-0.25, -0.2) is 0 Å². The number of hydrogen-bond acceptors (Lipinski definition) is 5. The maximum atomic E-state index is 4.45. The van der Waals surface area contributed by atoms with Crippen LogP contribution in [0.4, 0.5) is 5.13 Å². The van der Waals surface area contributed by atoms with Crippen LogP contribution in [0.3, 0.4) is 0 Å². The molecular weight excluding hydrogens is 306 g/mol. The first-order valence-electron chi connectivity index (χ1n) is 7.78. The summed E-state index contributed by atoms with van der Waals surface area (Å²) >= 11 is 1.61. The quantitative estimate of drug-likeness (QED) is 0.741. The minimum absolute atomic E-state index is 0.146. The molecule has 5 nitrogen and oxygen atoms in total. The van der Waals surface area contributed by atoms with Crippen LogP contribution in [-0.2, 0) is 6.54 Å². The lowest BCUT2D eigenvalue weighted by Crippen LogP contribution is -2.05. The Balaban J connectivity index is 1.64. The first kappa shape index (κ1) is 15.7. The van der Waals surface area contributed by atoms with Crippen molar-refractivity contribution in [3.8, 4) is 0 Å². The zero-order valence-corrected chi connectivity index (χ0v) is 14.4. The van der Waals surface area contributed by atoms with Crippen molar-refractivity contribution in [1.29, 1.82) is 0 Å². The molecule has 0 bridgehead atoms. The van der Waals surface area contributed by atoms with E-state index in [1.807, 2.05) is 29.1 Å². The molecule has 0 aliphatic rings. The third-order valence-electron chi connectivity index (χ3n) is 3.62. The van der Waals surface area contributed by atoms with Crippen molar-refractivity contribution in [2.45, 2.75) is 39.3 Å². The summed E-state index contributed by atoms with van der Waals surface area (Å²) < 4.78 is 1.96. The normalized spacial score (nSPS) is 12.5. The Hall–Kier alpha value is -2.21. The molecule has 1 atom stereocenters. The summed E-state index contributed by atoms with van der Waals surface area (Å²) in [6.45, 7) is 7.15. The van der Waals surface area contributed by atoms with Gasteiger partial charge < -0.3 is 5.32 Å². The third kappa shape index (κ3) is 3.96. The zero-order valence-electron chi connectivity index (χ0n) is 13.6. The Bertz CT molecular complexity index is 747. The topological polar surface area (TPSA) is 55.6 Å². The summed E-state index contributed by atoms with van der Waals surface area (Å²) in [6.07, 6.45) is 3.99. The van der Waals surface area contributed by atoms with Gasteiger partial charge in [-0.2, -0.15) is 5.10 Å². The van der Waals surface area contributed by atoms with Gasteiger partial charge in [0.2, 0.25) is 5.13 Å². The molecule has 1 N–H and O–H groups in total. The number of rotatable bonds is 6. The van der Waals surface area contributed by atoms with Crippen LogP contribution < -0.4 is 5.32 Å². The molecule has 0 radical (unpaired) electrons. The van der Waals surface area contributed by atoms with E-state index in [0.29, 0.717) is 5.92 Å². The van der Waals surface area contributed by atoms with Crippen LogP contribution in [0, 0.1) is 0 Å². The molecule has 3 aromatic rings. The van der Waals surface area contributed by atoms with Gasteiger partial charge >= 0.3 is 0 Å². The summed E-state index contributed by atoms with van der Waals surface area (Å²) in [7, 11) is 0. The zero-order chi connectivity index (χ0) is 16.2. The fourth-order valence-electron chi connectivity index (χ4n) is 2.25. The predicted octanol–water partition coefficient (Wildman–Crippen LogP) is 4.08. The second-order valence-electron chi connectivity index (χ2n) is 5.92. The molecule has 1 unspecified atom stereocenters. The summed E-state index contributed by atoms with van der Waals surface area (Å²) in [5.41, 5.74) is 2.38. The van der Waals surface area contributed by atoms with E-state index in [1.54, 1.807) is 11.3 Å². The second-order valence-corrected chi connectivity index (χ2v) is 6.93. The van der Waals surface area contributed by atoms with Gasteiger partial charge in [0.05, 0.1) is 18.8 Å². The number of hydrogen-bond donors (Lipinski definition) is 1. The second kappa shape index (κ2) is 6.91. The Labute approximate surface area is 140 Å². The van der Waals surface area contributed by atoms with Gasteiger partial charge in [-0.3, -0.25) is 4.68 Å². The lowest BCUT2D eigenvalue weighted by Gasteiger charge is -2.09. The molecule has 0 saturated carbocycles. The lowest BCUT2D eigenvalue weighted by molar-refractivity contribution is 0.685. The van der Waals surface area contributed by atoms with E-state index >= 15 is 0 Å². The standard InChI is InChI=1S/C17H21N5S/c1-12(2)16-20-21-17(23-16)19-13(3)15-9-18-22(11-15)10-14-7-5-4-6-8-14/h4-9,11-13H,10H2,1-3H3,(H,19,21). The maximum Gasteiger partial charge on any atom is 0.206 e. The first-order chi connectivity index (χ1) is 11.1. The van der Waals surface area contributed by atoms with Crippen molar-refractivity contribution in [2.24, 2.45) is 0 Å². The highest BCUT2D eigenvalue weighted by atomic mass is 32.1. The van der Waals surface area contributed by atoms with Crippen LogP contribution in [0.2, 0.25) is 0 Å². The minimum Gasteiger partial charge on any atom is -0.353 e. The van der Waals surface area contributed by atoms with E-state index in [2.05, 4.69) is 59.7 Å². The first-order valence-corrected chi connectivity index (χ1v) is 8.59. The van der Waals surface area contributed by atoms with Gasteiger partial charge in [-0.05, 0) is 12.5 Å². The molecule has 3 rings (SSSR count). The largest absolute Gasteiger partial charge is 0.353 e. The highest BCUT2D eigenvalue weighted by Crippen LogP contribution is 2.25. The molecule has 0 aliphatic carbocycles. The van der Waals surface area contributed by atoms with Crippen LogP contribution in [0.1, 0.15) is 48.9 Å². The molecule has 0 saturated heterocycles. The molecule has 2 aromatic heterocycles. The molecular formula is C17H21N5S. The van der Waals surface area contributed by atoms with E-state index in [1.165, 1.54) is 5.56 Å². The summed E-state index contributed by atoms with van der Waals surface area (Å²) in [6, 6.07) is 10.5. The molecule has 0 amide bonds. The predicted molar refractivity (Wildman–Crippen MR) is 93.8 cm³/mol. The smallest absolute Gasteiger partial charge is 0.206 e. The molecule has 0 fully saturated rings. The highest BCUT2D eigenvalue weighted by molar-refractivity contribution is 7.15. The number of nitrogens with one attached hydrogen (secondary N) is 1. The fourth-order valence-corrected chi connectivity index (χ4v) is 3.09. The number of aromatic nitrogens is 4. The van der Waals surface area contributed by atoms with Gasteiger partial charge in [0.1, 0.15) is 5.01 Å². The number of nitrogens with zero attached hydrogens (tertiary/aromatic N) is 4. The average molecular weight is 327 g/mol. The lowest BCUT2D eigenvalue weighted by atomic mass is 10.2. The van der Waals surface area contributed by atoms with E-state index in [0.717, 1.165) is 22.2 Å². The van der Waals surface area contributed by atoms with Gasteiger partial charge in [-0.15, -0.1) is 10.2 Å². The van der Waals surface area contributed by atoms with Crippen molar-refractivity contribution in [1.82, 2.24) is 20.0 Å². The van der Waals surface area contributed by atoms with Crippen molar-refractivity contribution in [3.05, 3.63) is 58.9 Å². The van der Waals surface area contributed by atoms with Crippen LogP contribution in [0.15, 0.2) is 42.7 Å². The number of anilines is 1. The van der Waals surface area contributed by atoms with Gasteiger partial charge in [0.15, 0.2) is 0 Å². The Morgan fingerprint density at radius 1 is 1.13 bits per heavy atom. The average Bonchev–Trinajstić information content (AvgIpc) is 3.18. The number of benzene rings is 1. The molecule has 2 heterocycles. The molecule has 6 heteroatoms. The molecule has 23 heavy (non-hydrogen) atoms. The molecule has 0 spiro atoms. The van der Waals surface area contributed by atoms with Crippen LogP contribution in [0.25, 0.3) is 0 Å². The van der Waals surface area contributed by atoms with E-state index in [-0.39, 0.29) is 6.04 Å². The van der Waals surface area contributed by atoms with Crippen molar-refractivity contribution in [2.75, 3.05) is 5.32 Å². The minimum atomic E-state index is 0.146. The molecule has 0 aliphatic heterocycles. The monoisotopic (exact) mass is 327 g/mol. The molecule has 120 valence electrons. The Morgan fingerprint density at radius 2 is 1.91 bits per heavy atom. The van der Waals surface area contributed by atoms with Crippen LogP contribution >= 0.6 is 11.3 Å². The van der Waals surface area contributed by atoms with Crippen molar-refractivity contribution in [3.63, 3.8) is 0 Å². The van der Waals surface area contributed by atoms with E-state index in [9.17, 15) is 0 Å². The summed E-state index contributed by atoms with van der Waals surface area (Å²) in [4.78, 5) is 0. The SMILES string of the molecule is CC(C)c1nnc(NC(C)c2cnn(Cc3ccccc3)c2)s1. The van der Waals surface area contributed by atoms with Crippen LogP contribution in [0.5, 0.6) is 0 Å². The van der Waals surface area contributed by atoms with Gasteiger partial charge in [0, 0.05) is 17.7 Å². The third-order valence-corrected chi connectivity index (χ3v) is 4.77. The van der Waals surface area contributed by atoms with Gasteiger partial charge in [0.25, 0.3) is 0 Å².